The number of benzene rings is 3. The van der Waals surface area contributed by atoms with Crippen LogP contribution in [-0.2, 0) is 12.8 Å². The molecule has 3 aromatic carbocycles. The average Bonchev–Trinajstić information content (AvgIpc) is 2.90. The molecule has 0 aliphatic heterocycles. The Labute approximate surface area is 209 Å². The van der Waals surface area contributed by atoms with Gasteiger partial charge < -0.3 is 5.11 Å². The third-order valence-corrected chi connectivity index (χ3v) is 7.54. The van der Waals surface area contributed by atoms with Crippen LogP contribution in [0.15, 0.2) is 91.0 Å². The van der Waals surface area contributed by atoms with Crippen LogP contribution in [0.1, 0.15) is 70.6 Å². The van der Waals surface area contributed by atoms with Crippen molar-refractivity contribution in [3.8, 4) is 12.3 Å². The Morgan fingerprint density at radius 3 is 2.17 bits per heavy atom. The zero-order valence-electron chi connectivity index (χ0n) is 20.3. The van der Waals surface area contributed by atoms with E-state index in [1.807, 2.05) is 30.3 Å². The van der Waals surface area contributed by atoms with Gasteiger partial charge in [-0.15, -0.1) is 6.42 Å². The number of terminal acetylenes is 1. The van der Waals surface area contributed by atoms with Crippen LogP contribution in [0, 0.1) is 24.2 Å². The second-order valence-electron chi connectivity index (χ2n) is 9.87. The molecule has 0 bridgehead atoms. The Balaban J connectivity index is 1.44. The van der Waals surface area contributed by atoms with Crippen LogP contribution in [0.4, 0.5) is 0 Å². The number of carboxylic acids is 1. The molecule has 0 amide bonds. The van der Waals surface area contributed by atoms with Gasteiger partial charge in [0.1, 0.15) is 0 Å². The molecule has 2 nitrogen and oxygen atoms in total. The van der Waals surface area contributed by atoms with Gasteiger partial charge in [-0.1, -0.05) is 72.7 Å². The first-order valence-corrected chi connectivity index (χ1v) is 12.6. The van der Waals surface area contributed by atoms with Crippen LogP contribution < -0.4 is 0 Å². The standard InChI is InChI=1S/C33H34O2/c1-3-25-11-13-27(14-12-25)23-28-15-17-29(18-16-28)32(30-19-21-31(22-20-30)33(34)35)24(2)9-10-26-7-5-4-6-8-26/h1,4-8,11-14,19-22,28-29,32H,2,9-10,15-18,23H2,(H,34,35). The summed E-state index contributed by atoms with van der Waals surface area (Å²) >= 11 is 0. The SMILES string of the molecule is C#Cc1ccc(CC2CCC(C(C(=C)CCc3ccccc3)c3ccc(C(=O)O)cc3)CC2)cc1. The molecule has 3 aromatic rings. The molecule has 1 aliphatic carbocycles. The Hall–Kier alpha value is -3.57. The van der Waals surface area contributed by atoms with Gasteiger partial charge >= 0.3 is 5.97 Å². The van der Waals surface area contributed by atoms with E-state index in [0.717, 1.165) is 24.8 Å². The van der Waals surface area contributed by atoms with Gasteiger partial charge in [-0.2, -0.15) is 0 Å². The molecule has 1 unspecified atom stereocenters. The zero-order chi connectivity index (χ0) is 24.6. The lowest BCUT2D eigenvalue weighted by atomic mass is 9.69. The largest absolute Gasteiger partial charge is 0.478 e. The van der Waals surface area contributed by atoms with Crippen molar-refractivity contribution in [2.24, 2.45) is 11.8 Å². The fourth-order valence-electron chi connectivity index (χ4n) is 5.58. The number of carbonyl (C=O) groups is 1. The van der Waals surface area contributed by atoms with Crippen molar-refractivity contribution in [1.82, 2.24) is 0 Å². The van der Waals surface area contributed by atoms with Gasteiger partial charge in [-0.3, -0.25) is 0 Å². The monoisotopic (exact) mass is 462 g/mol. The van der Waals surface area contributed by atoms with E-state index in [1.165, 1.54) is 47.9 Å². The summed E-state index contributed by atoms with van der Waals surface area (Å²) in [6, 6.07) is 26.4. The van der Waals surface area contributed by atoms with Crippen LogP contribution in [0.5, 0.6) is 0 Å². The van der Waals surface area contributed by atoms with Gasteiger partial charge in [0.15, 0.2) is 0 Å². The van der Waals surface area contributed by atoms with E-state index in [4.69, 9.17) is 6.42 Å². The molecular weight excluding hydrogens is 428 g/mol. The maximum absolute atomic E-state index is 11.4. The maximum atomic E-state index is 11.4. The number of carboxylic acid groups (broad SMARTS) is 1. The molecule has 0 heterocycles. The van der Waals surface area contributed by atoms with E-state index in [9.17, 15) is 9.90 Å². The number of rotatable bonds is 9. The summed E-state index contributed by atoms with van der Waals surface area (Å²) in [6.07, 6.45) is 13.3. The average molecular weight is 463 g/mol. The molecule has 4 rings (SSSR count). The minimum atomic E-state index is -0.883. The summed E-state index contributed by atoms with van der Waals surface area (Å²) in [6.45, 7) is 4.55. The minimum Gasteiger partial charge on any atom is -0.478 e. The Morgan fingerprint density at radius 1 is 0.914 bits per heavy atom. The van der Waals surface area contributed by atoms with Crippen molar-refractivity contribution in [3.63, 3.8) is 0 Å². The summed E-state index contributed by atoms with van der Waals surface area (Å²) < 4.78 is 0. The number of aromatic carboxylic acids is 1. The van der Waals surface area contributed by atoms with Crippen molar-refractivity contribution in [1.29, 1.82) is 0 Å². The molecule has 0 spiro atoms. The lowest BCUT2D eigenvalue weighted by molar-refractivity contribution is 0.0697. The first-order chi connectivity index (χ1) is 17.0. The Kier molecular flexibility index (Phi) is 8.22. The fraction of sp³-hybridized carbons (Fsp3) is 0.303. The molecule has 0 saturated heterocycles. The summed E-state index contributed by atoms with van der Waals surface area (Å²) in [7, 11) is 0. The topological polar surface area (TPSA) is 37.3 Å². The first kappa shape index (κ1) is 24.6. The van der Waals surface area contributed by atoms with E-state index < -0.39 is 5.97 Å². The molecule has 1 atom stereocenters. The maximum Gasteiger partial charge on any atom is 0.335 e. The number of hydrogen-bond acceptors (Lipinski definition) is 1. The highest BCUT2D eigenvalue weighted by Crippen LogP contribution is 2.43. The second-order valence-corrected chi connectivity index (χ2v) is 9.87. The zero-order valence-corrected chi connectivity index (χ0v) is 20.3. The van der Waals surface area contributed by atoms with Crippen molar-refractivity contribution in [2.45, 2.75) is 50.9 Å². The van der Waals surface area contributed by atoms with Crippen LogP contribution in [0.3, 0.4) is 0 Å². The number of aryl methyl sites for hydroxylation is 1. The minimum absolute atomic E-state index is 0.261. The van der Waals surface area contributed by atoms with Crippen LogP contribution in [-0.4, -0.2) is 11.1 Å². The molecule has 1 saturated carbocycles. The van der Waals surface area contributed by atoms with Crippen molar-refractivity contribution < 1.29 is 9.90 Å². The summed E-state index contributed by atoms with van der Waals surface area (Å²) in [5.41, 5.74) is 6.41. The van der Waals surface area contributed by atoms with E-state index in [1.54, 1.807) is 12.1 Å². The fourth-order valence-corrected chi connectivity index (χ4v) is 5.58. The Morgan fingerprint density at radius 2 is 1.57 bits per heavy atom. The molecule has 1 N–H and O–H groups in total. The second kappa shape index (κ2) is 11.7. The van der Waals surface area contributed by atoms with Gasteiger partial charge in [0.2, 0.25) is 0 Å². The molecule has 0 radical (unpaired) electrons. The summed E-state index contributed by atoms with van der Waals surface area (Å²) in [5.74, 6) is 3.30. The van der Waals surface area contributed by atoms with Gasteiger partial charge in [0, 0.05) is 11.5 Å². The van der Waals surface area contributed by atoms with Crippen molar-refractivity contribution in [2.75, 3.05) is 0 Å². The normalized spacial score (nSPS) is 18.4. The van der Waals surface area contributed by atoms with E-state index in [0.29, 0.717) is 17.4 Å². The lowest BCUT2D eigenvalue weighted by Gasteiger charge is -2.35. The smallest absolute Gasteiger partial charge is 0.335 e. The molecule has 1 aliphatic rings. The van der Waals surface area contributed by atoms with Gasteiger partial charge in [0.25, 0.3) is 0 Å². The van der Waals surface area contributed by atoms with Gasteiger partial charge in [-0.05, 0) is 97.7 Å². The predicted molar refractivity (Wildman–Crippen MR) is 144 cm³/mol. The van der Waals surface area contributed by atoms with E-state index in [-0.39, 0.29) is 5.92 Å². The third kappa shape index (κ3) is 6.52. The predicted octanol–water partition coefficient (Wildman–Crippen LogP) is 7.69. The first-order valence-electron chi connectivity index (χ1n) is 12.6. The highest BCUT2D eigenvalue weighted by Gasteiger charge is 2.30. The third-order valence-electron chi connectivity index (χ3n) is 7.54. The van der Waals surface area contributed by atoms with Crippen LogP contribution >= 0.6 is 0 Å². The Bertz CT molecular complexity index is 1160. The highest BCUT2D eigenvalue weighted by molar-refractivity contribution is 5.87. The van der Waals surface area contributed by atoms with Crippen LogP contribution in [0.2, 0.25) is 0 Å². The molecule has 35 heavy (non-hydrogen) atoms. The molecule has 0 aromatic heterocycles. The van der Waals surface area contributed by atoms with Gasteiger partial charge in [0.05, 0.1) is 5.56 Å². The number of allylic oxidation sites excluding steroid dienone is 1. The number of hydrogen-bond donors (Lipinski definition) is 1. The van der Waals surface area contributed by atoms with Crippen molar-refractivity contribution in [3.05, 3.63) is 119 Å². The quantitative estimate of drug-likeness (QED) is 0.261. The molecular formula is C33H34O2. The highest BCUT2D eigenvalue weighted by atomic mass is 16.4. The molecule has 1 fully saturated rings. The van der Waals surface area contributed by atoms with E-state index >= 15 is 0 Å². The lowest BCUT2D eigenvalue weighted by Crippen LogP contribution is -2.23. The summed E-state index contributed by atoms with van der Waals surface area (Å²) in [4.78, 5) is 11.4. The summed E-state index contributed by atoms with van der Waals surface area (Å²) in [5, 5.41) is 9.33. The molecule has 178 valence electrons. The van der Waals surface area contributed by atoms with Crippen molar-refractivity contribution >= 4 is 5.97 Å². The van der Waals surface area contributed by atoms with E-state index in [2.05, 4.69) is 48.9 Å². The van der Waals surface area contributed by atoms with Crippen LogP contribution in [0.25, 0.3) is 0 Å². The molecule has 2 heteroatoms. The van der Waals surface area contributed by atoms with Gasteiger partial charge in [-0.25, -0.2) is 4.79 Å².